The Morgan fingerprint density at radius 3 is 2.65 bits per heavy atom. The van der Waals surface area contributed by atoms with Gasteiger partial charge in [-0.05, 0) is 37.0 Å². The van der Waals surface area contributed by atoms with Crippen LogP contribution in [0.1, 0.15) is 39.1 Å². The summed E-state index contributed by atoms with van der Waals surface area (Å²) in [7, 11) is 1.63. The molecular weight excluding hydrogens is 330 g/mol. The van der Waals surface area contributed by atoms with Gasteiger partial charge in [0.25, 0.3) is 11.8 Å². The van der Waals surface area contributed by atoms with Crippen LogP contribution in [0.5, 0.6) is 5.75 Å². The van der Waals surface area contributed by atoms with Crippen LogP contribution in [0.4, 0.5) is 0 Å². The van der Waals surface area contributed by atoms with E-state index in [0.717, 1.165) is 37.2 Å². The highest BCUT2D eigenvalue weighted by atomic mass is 16.5. The number of amides is 2. The number of pyridine rings is 1. The predicted octanol–water partition coefficient (Wildman–Crippen LogP) is 2.30. The van der Waals surface area contributed by atoms with Crippen LogP contribution in [0.2, 0.25) is 0 Å². The largest absolute Gasteiger partial charge is 0.496 e. The van der Waals surface area contributed by atoms with Crippen LogP contribution >= 0.6 is 0 Å². The molecule has 136 valence electrons. The summed E-state index contributed by atoms with van der Waals surface area (Å²) in [5.74, 6) is 0.517. The first-order valence-electron chi connectivity index (χ1n) is 8.83. The number of hydrogen-bond donors (Lipinski definition) is 1. The van der Waals surface area contributed by atoms with Crippen molar-refractivity contribution in [3.8, 4) is 5.75 Å². The zero-order valence-electron chi connectivity index (χ0n) is 14.9. The summed E-state index contributed by atoms with van der Waals surface area (Å²) in [5.41, 5.74) is 1.89. The van der Waals surface area contributed by atoms with Crippen molar-refractivity contribution in [1.29, 1.82) is 0 Å². The molecule has 0 unspecified atom stereocenters. The van der Waals surface area contributed by atoms with Gasteiger partial charge in [-0.25, -0.2) is 0 Å². The second-order valence-electron chi connectivity index (χ2n) is 6.28. The molecule has 3 rings (SSSR count). The van der Waals surface area contributed by atoms with Gasteiger partial charge in [-0.2, -0.15) is 0 Å². The number of aromatic nitrogens is 1. The SMILES string of the molecule is COc1ccccc1CCNC(=O)c1cncc(C(=O)N2CCCC2)c1. The van der Waals surface area contributed by atoms with Gasteiger partial charge in [0.15, 0.2) is 0 Å². The Bertz CT molecular complexity index is 785. The zero-order valence-corrected chi connectivity index (χ0v) is 14.9. The van der Waals surface area contributed by atoms with Crippen LogP contribution in [0.25, 0.3) is 0 Å². The molecule has 1 aliphatic rings. The van der Waals surface area contributed by atoms with Crippen molar-refractivity contribution in [1.82, 2.24) is 15.2 Å². The lowest BCUT2D eigenvalue weighted by Crippen LogP contribution is -2.29. The second-order valence-corrected chi connectivity index (χ2v) is 6.28. The molecule has 0 bridgehead atoms. The first-order chi connectivity index (χ1) is 12.7. The fourth-order valence-corrected chi connectivity index (χ4v) is 3.11. The van der Waals surface area contributed by atoms with Gasteiger partial charge in [0.1, 0.15) is 5.75 Å². The molecule has 1 fully saturated rings. The number of carbonyl (C=O) groups excluding carboxylic acids is 2. The maximum absolute atomic E-state index is 12.4. The summed E-state index contributed by atoms with van der Waals surface area (Å²) >= 11 is 0. The van der Waals surface area contributed by atoms with Gasteiger partial charge >= 0.3 is 0 Å². The van der Waals surface area contributed by atoms with Gasteiger partial charge in [-0.1, -0.05) is 18.2 Å². The molecule has 0 spiro atoms. The molecule has 0 atom stereocenters. The van der Waals surface area contributed by atoms with E-state index in [0.29, 0.717) is 24.1 Å². The Labute approximate surface area is 153 Å². The number of benzene rings is 1. The maximum atomic E-state index is 12.4. The van der Waals surface area contributed by atoms with Crippen molar-refractivity contribution in [3.63, 3.8) is 0 Å². The van der Waals surface area contributed by atoms with E-state index < -0.39 is 0 Å². The summed E-state index contributed by atoms with van der Waals surface area (Å²) in [6, 6.07) is 9.34. The van der Waals surface area contributed by atoms with E-state index >= 15 is 0 Å². The van der Waals surface area contributed by atoms with Crippen LogP contribution in [0, 0.1) is 0 Å². The van der Waals surface area contributed by atoms with Crippen molar-refractivity contribution in [2.45, 2.75) is 19.3 Å². The van der Waals surface area contributed by atoms with E-state index in [1.54, 1.807) is 18.1 Å². The number of nitrogens with one attached hydrogen (secondary N) is 1. The average molecular weight is 353 g/mol. The normalized spacial score (nSPS) is 13.5. The Morgan fingerprint density at radius 2 is 1.88 bits per heavy atom. The fourth-order valence-electron chi connectivity index (χ4n) is 3.11. The summed E-state index contributed by atoms with van der Waals surface area (Å²) in [6.07, 6.45) is 5.73. The molecule has 0 saturated carbocycles. The maximum Gasteiger partial charge on any atom is 0.255 e. The molecule has 1 N–H and O–H groups in total. The number of ether oxygens (including phenoxy) is 1. The van der Waals surface area contributed by atoms with Crippen LogP contribution < -0.4 is 10.1 Å². The van der Waals surface area contributed by atoms with E-state index in [1.165, 1.54) is 12.4 Å². The molecule has 0 radical (unpaired) electrons. The van der Waals surface area contributed by atoms with Crippen molar-refractivity contribution >= 4 is 11.8 Å². The molecule has 2 heterocycles. The molecule has 6 nitrogen and oxygen atoms in total. The number of carbonyl (C=O) groups is 2. The third-order valence-electron chi connectivity index (χ3n) is 4.51. The van der Waals surface area contributed by atoms with Crippen LogP contribution in [-0.2, 0) is 6.42 Å². The number of methoxy groups -OCH3 is 1. The van der Waals surface area contributed by atoms with Gasteiger partial charge in [0, 0.05) is 32.0 Å². The number of hydrogen-bond acceptors (Lipinski definition) is 4. The number of para-hydroxylation sites is 1. The topological polar surface area (TPSA) is 71.5 Å². The van der Waals surface area contributed by atoms with Gasteiger partial charge < -0.3 is 15.0 Å². The molecule has 26 heavy (non-hydrogen) atoms. The summed E-state index contributed by atoms with van der Waals surface area (Å²) in [4.78, 5) is 30.7. The van der Waals surface area contributed by atoms with Gasteiger partial charge in [0.2, 0.25) is 0 Å². The highest BCUT2D eigenvalue weighted by Gasteiger charge is 2.20. The third-order valence-corrected chi connectivity index (χ3v) is 4.51. The van der Waals surface area contributed by atoms with Crippen LogP contribution in [0.3, 0.4) is 0 Å². The van der Waals surface area contributed by atoms with Gasteiger partial charge in [-0.15, -0.1) is 0 Å². The Morgan fingerprint density at radius 1 is 1.15 bits per heavy atom. The average Bonchev–Trinajstić information content (AvgIpc) is 3.22. The zero-order chi connectivity index (χ0) is 18.4. The lowest BCUT2D eigenvalue weighted by Gasteiger charge is -2.15. The molecular formula is C20H23N3O3. The molecule has 1 aromatic carbocycles. The van der Waals surface area contributed by atoms with Crippen molar-refractivity contribution in [3.05, 3.63) is 59.4 Å². The third kappa shape index (κ3) is 4.20. The lowest BCUT2D eigenvalue weighted by atomic mass is 10.1. The van der Waals surface area contributed by atoms with Crippen LogP contribution in [0.15, 0.2) is 42.7 Å². The Kier molecular flexibility index (Phi) is 5.84. The first kappa shape index (κ1) is 17.9. The van der Waals surface area contributed by atoms with E-state index in [1.807, 2.05) is 24.3 Å². The van der Waals surface area contributed by atoms with E-state index in [9.17, 15) is 9.59 Å². The number of likely N-dealkylation sites (tertiary alicyclic amines) is 1. The van der Waals surface area contributed by atoms with Crippen molar-refractivity contribution < 1.29 is 14.3 Å². The Balaban J connectivity index is 1.59. The minimum atomic E-state index is -0.233. The summed E-state index contributed by atoms with van der Waals surface area (Å²) < 4.78 is 5.31. The molecule has 6 heteroatoms. The molecule has 1 saturated heterocycles. The lowest BCUT2D eigenvalue weighted by molar-refractivity contribution is 0.0792. The number of nitrogens with zero attached hydrogens (tertiary/aromatic N) is 2. The molecule has 1 aliphatic heterocycles. The quantitative estimate of drug-likeness (QED) is 0.865. The van der Waals surface area contributed by atoms with Gasteiger partial charge in [0.05, 0.1) is 18.2 Å². The standard InChI is InChI=1S/C20H23N3O3/c1-26-18-7-3-2-6-15(18)8-9-22-19(24)16-12-17(14-21-13-16)20(25)23-10-4-5-11-23/h2-3,6-7,12-14H,4-5,8-11H2,1H3,(H,22,24). The smallest absolute Gasteiger partial charge is 0.255 e. The van der Waals surface area contributed by atoms with Crippen LogP contribution in [-0.4, -0.2) is 48.4 Å². The minimum Gasteiger partial charge on any atom is -0.496 e. The monoisotopic (exact) mass is 353 g/mol. The Hall–Kier alpha value is -2.89. The van der Waals surface area contributed by atoms with Crippen molar-refractivity contribution in [2.75, 3.05) is 26.7 Å². The number of rotatable bonds is 6. The molecule has 1 aromatic heterocycles. The molecule has 2 aromatic rings. The van der Waals surface area contributed by atoms with Gasteiger partial charge in [-0.3, -0.25) is 14.6 Å². The highest BCUT2D eigenvalue weighted by Crippen LogP contribution is 2.17. The summed E-state index contributed by atoms with van der Waals surface area (Å²) in [6.45, 7) is 2.02. The van der Waals surface area contributed by atoms with Crippen molar-refractivity contribution in [2.24, 2.45) is 0 Å². The fraction of sp³-hybridized carbons (Fsp3) is 0.350. The highest BCUT2D eigenvalue weighted by molar-refractivity contribution is 5.99. The second kappa shape index (κ2) is 8.47. The van der Waals surface area contributed by atoms with E-state index in [4.69, 9.17) is 4.74 Å². The van der Waals surface area contributed by atoms with E-state index in [2.05, 4.69) is 10.3 Å². The predicted molar refractivity (Wildman–Crippen MR) is 98.4 cm³/mol. The van der Waals surface area contributed by atoms with E-state index in [-0.39, 0.29) is 11.8 Å². The first-order valence-corrected chi connectivity index (χ1v) is 8.83. The minimum absolute atomic E-state index is 0.0568. The summed E-state index contributed by atoms with van der Waals surface area (Å²) in [5, 5.41) is 2.88. The molecule has 0 aliphatic carbocycles. The molecule has 2 amide bonds.